The lowest BCUT2D eigenvalue weighted by atomic mass is 9.81. The first-order valence-corrected chi connectivity index (χ1v) is 7.06. The molecule has 108 valence electrons. The highest BCUT2D eigenvalue weighted by atomic mass is 16.5. The molecule has 4 heteroatoms. The smallest absolute Gasteiger partial charge is 0.120 e. The molecule has 0 spiro atoms. The van der Waals surface area contributed by atoms with Crippen molar-refractivity contribution in [2.75, 3.05) is 14.2 Å². The second kappa shape index (κ2) is 6.74. The van der Waals surface area contributed by atoms with Crippen LogP contribution < -0.4 is 10.1 Å². The zero-order valence-electron chi connectivity index (χ0n) is 12.2. The summed E-state index contributed by atoms with van der Waals surface area (Å²) in [5, 5.41) is 12.5. The van der Waals surface area contributed by atoms with Gasteiger partial charge >= 0.3 is 0 Å². The van der Waals surface area contributed by atoms with Crippen molar-refractivity contribution in [3.63, 3.8) is 0 Å². The molecule has 0 radical (unpaired) electrons. The van der Waals surface area contributed by atoms with Gasteiger partial charge in [0.25, 0.3) is 0 Å². The van der Waals surface area contributed by atoms with Crippen molar-refractivity contribution < 1.29 is 9.47 Å². The Bertz CT molecular complexity index is 484. The van der Waals surface area contributed by atoms with Gasteiger partial charge < -0.3 is 14.8 Å². The summed E-state index contributed by atoms with van der Waals surface area (Å²) in [6, 6.07) is 10.4. The van der Waals surface area contributed by atoms with E-state index in [0.29, 0.717) is 6.61 Å². The zero-order chi connectivity index (χ0) is 14.4. The van der Waals surface area contributed by atoms with Crippen molar-refractivity contribution in [2.24, 2.45) is 0 Å². The molecule has 1 saturated carbocycles. The van der Waals surface area contributed by atoms with E-state index in [4.69, 9.17) is 9.47 Å². The summed E-state index contributed by atoms with van der Waals surface area (Å²) in [6.45, 7) is 0.584. The Kier molecular flexibility index (Phi) is 4.99. The van der Waals surface area contributed by atoms with Gasteiger partial charge in [0.1, 0.15) is 17.4 Å². The average Bonchev–Trinajstić information content (AvgIpc) is 2.48. The molecule has 20 heavy (non-hydrogen) atoms. The molecule has 1 aliphatic carbocycles. The van der Waals surface area contributed by atoms with E-state index in [9.17, 15) is 5.26 Å². The van der Waals surface area contributed by atoms with Gasteiger partial charge in [-0.2, -0.15) is 5.26 Å². The van der Waals surface area contributed by atoms with Gasteiger partial charge in [0, 0.05) is 13.5 Å². The molecule has 0 amide bonds. The van der Waals surface area contributed by atoms with Crippen LogP contribution in [0.3, 0.4) is 0 Å². The van der Waals surface area contributed by atoms with Crippen LogP contribution in [0, 0.1) is 11.3 Å². The van der Waals surface area contributed by atoms with Crippen LogP contribution in [0.15, 0.2) is 24.3 Å². The van der Waals surface area contributed by atoms with E-state index in [1.54, 1.807) is 7.11 Å². The van der Waals surface area contributed by atoms with E-state index in [1.165, 1.54) is 0 Å². The van der Waals surface area contributed by atoms with E-state index in [1.807, 2.05) is 31.3 Å². The van der Waals surface area contributed by atoms with E-state index < -0.39 is 5.54 Å². The summed E-state index contributed by atoms with van der Waals surface area (Å²) in [6.07, 6.45) is 3.72. The molecule has 1 aromatic rings. The molecule has 0 aromatic heterocycles. The number of nitrogens with zero attached hydrogens (tertiary/aromatic N) is 1. The van der Waals surface area contributed by atoms with E-state index in [0.717, 1.165) is 37.0 Å². The number of ether oxygens (including phenoxy) is 2. The van der Waals surface area contributed by atoms with Crippen molar-refractivity contribution in [2.45, 2.75) is 43.9 Å². The number of benzene rings is 1. The number of nitrogens with one attached hydrogen (secondary N) is 1. The summed E-state index contributed by atoms with van der Waals surface area (Å²) in [7, 11) is 3.54. The zero-order valence-corrected chi connectivity index (χ0v) is 12.2. The Morgan fingerprint density at radius 1 is 1.50 bits per heavy atom. The average molecular weight is 274 g/mol. The molecule has 0 aliphatic heterocycles. The fraction of sp³-hybridized carbons (Fsp3) is 0.562. The standard InChI is InChI=1S/C16H22N2O2/c1-18-16(12-17)8-4-7-15(10-16)20-14-6-3-5-13(9-14)11-19-2/h3,5-6,9,15,18H,4,7-8,10-11H2,1-2H3. The normalized spacial score (nSPS) is 25.9. The minimum atomic E-state index is -0.437. The first-order valence-electron chi connectivity index (χ1n) is 7.06. The fourth-order valence-electron chi connectivity index (χ4n) is 2.78. The number of methoxy groups -OCH3 is 1. The Hall–Kier alpha value is -1.57. The first-order chi connectivity index (χ1) is 9.71. The van der Waals surface area contributed by atoms with Gasteiger partial charge in [-0.25, -0.2) is 0 Å². The number of nitriles is 1. The Morgan fingerprint density at radius 2 is 2.35 bits per heavy atom. The fourth-order valence-corrected chi connectivity index (χ4v) is 2.78. The van der Waals surface area contributed by atoms with Gasteiger partial charge in [0.2, 0.25) is 0 Å². The highest BCUT2D eigenvalue weighted by Gasteiger charge is 2.36. The quantitative estimate of drug-likeness (QED) is 0.896. The van der Waals surface area contributed by atoms with Gasteiger partial charge in [-0.15, -0.1) is 0 Å². The molecule has 2 rings (SSSR count). The Balaban J connectivity index is 2.03. The van der Waals surface area contributed by atoms with Gasteiger partial charge in [-0.05, 0) is 44.0 Å². The van der Waals surface area contributed by atoms with Crippen LogP contribution in [-0.2, 0) is 11.3 Å². The highest BCUT2D eigenvalue weighted by molar-refractivity contribution is 5.28. The molecular formula is C16H22N2O2. The van der Waals surface area contributed by atoms with Crippen LogP contribution in [0.5, 0.6) is 5.75 Å². The molecule has 2 unspecified atom stereocenters. The second-order valence-corrected chi connectivity index (χ2v) is 5.36. The van der Waals surface area contributed by atoms with Gasteiger partial charge in [0.15, 0.2) is 0 Å². The SMILES string of the molecule is CNC1(C#N)CCCC(Oc2cccc(COC)c2)C1. The highest BCUT2D eigenvalue weighted by Crippen LogP contribution is 2.30. The van der Waals surface area contributed by atoms with Crippen LogP contribution in [0.4, 0.5) is 0 Å². The lowest BCUT2D eigenvalue weighted by molar-refractivity contribution is 0.115. The van der Waals surface area contributed by atoms with E-state index in [2.05, 4.69) is 11.4 Å². The molecule has 1 aromatic carbocycles. The van der Waals surface area contributed by atoms with Crippen LogP contribution in [0.2, 0.25) is 0 Å². The van der Waals surface area contributed by atoms with Crippen molar-refractivity contribution in [1.82, 2.24) is 5.32 Å². The summed E-state index contributed by atoms with van der Waals surface area (Å²) < 4.78 is 11.2. The minimum Gasteiger partial charge on any atom is -0.490 e. The lowest BCUT2D eigenvalue weighted by Gasteiger charge is -2.35. The van der Waals surface area contributed by atoms with E-state index >= 15 is 0 Å². The molecule has 1 fully saturated rings. The topological polar surface area (TPSA) is 54.3 Å². The van der Waals surface area contributed by atoms with Crippen LogP contribution in [0.1, 0.15) is 31.2 Å². The first kappa shape index (κ1) is 14.8. The second-order valence-electron chi connectivity index (χ2n) is 5.36. The largest absolute Gasteiger partial charge is 0.490 e. The number of rotatable bonds is 5. The third-order valence-corrected chi connectivity index (χ3v) is 3.91. The van der Waals surface area contributed by atoms with Crippen LogP contribution >= 0.6 is 0 Å². The van der Waals surface area contributed by atoms with Gasteiger partial charge in [-0.3, -0.25) is 0 Å². The molecule has 4 nitrogen and oxygen atoms in total. The lowest BCUT2D eigenvalue weighted by Crippen LogP contribution is -2.48. The van der Waals surface area contributed by atoms with E-state index in [-0.39, 0.29) is 6.10 Å². The van der Waals surface area contributed by atoms with Crippen molar-refractivity contribution in [3.05, 3.63) is 29.8 Å². The molecular weight excluding hydrogens is 252 g/mol. The minimum absolute atomic E-state index is 0.0913. The van der Waals surface area contributed by atoms with Crippen molar-refractivity contribution in [1.29, 1.82) is 5.26 Å². The third kappa shape index (κ3) is 3.50. The van der Waals surface area contributed by atoms with Gasteiger partial charge in [-0.1, -0.05) is 12.1 Å². The third-order valence-electron chi connectivity index (χ3n) is 3.91. The molecule has 0 saturated heterocycles. The number of hydrogen-bond acceptors (Lipinski definition) is 4. The predicted octanol–water partition coefficient (Wildman–Crippen LogP) is 2.64. The maximum Gasteiger partial charge on any atom is 0.120 e. The maximum absolute atomic E-state index is 9.35. The maximum atomic E-state index is 9.35. The summed E-state index contributed by atoms with van der Waals surface area (Å²) in [4.78, 5) is 0. The molecule has 2 atom stereocenters. The summed E-state index contributed by atoms with van der Waals surface area (Å²) in [5.74, 6) is 0.856. The summed E-state index contributed by atoms with van der Waals surface area (Å²) in [5.41, 5.74) is 0.661. The van der Waals surface area contributed by atoms with Crippen LogP contribution in [-0.4, -0.2) is 25.8 Å². The molecule has 1 N–H and O–H groups in total. The molecule has 0 heterocycles. The molecule has 0 bridgehead atoms. The van der Waals surface area contributed by atoms with Gasteiger partial charge in [0.05, 0.1) is 12.7 Å². The Labute approximate surface area is 120 Å². The van der Waals surface area contributed by atoms with Crippen molar-refractivity contribution in [3.8, 4) is 11.8 Å². The van der Waals surface area contributed by atoms with Crippen LogP contribution in [0.25, 0.3) is 0 Å². The monoisotopic (exact) mass is 274 g/mol. The number of hydrogen-bond donors (Lipinski definition) is 1. The molecule has 1 aliphatic rings. The van der Waals surface area contributed by atoms with Crippen molar-refractivity contribution >= 4 is 0 Å². The predicted molar refractivity (Wildman–Crippen MR) is 77.4 cm³/mol. The summed E-state index contributed by atoms with van der Waals surface area (Å²) >= 11 is 0. The Morgan fingerprint density at radius 3 is 3.05 bits per heavy atom.